The molecule has 1 aliphatic rings. The average Bonchev–Trinajstić information content (AvgIpc) is 2.44. The molecular formula is C15H26N2O2. The second kappa shape index (κ2) is 7.34. The molecule has 0 heterocycles. The van der Waals surface area contributed by atoms with E-state index in [0.29, 0.717) is 6.54 Å². The summed E-state index contributed by atoms with van der Waals surface area (Å²) in [5, 5.41) is 15.2. The predicted octanol–water partition coefficient (Wildman–Crippen LogP) is 1.87. The van der Waals surface area contributed by atoms with Crippen LogP contribution in [0.25, 0.3) is 0 Å². The minimum atomic E-state index is -0.366. The Morgan fingerprint density at radius 2 is 2.00 bits per heavy atom. The van der Waals surface area contributed by atoms with Crippen molar-refractivity contribution in [1.29, 1.82) is 0 Å². The Balaban J connectivity index is 2.80. The van der Waals surface area contributed by atoms with Gasteiger partial charge in [0.15, 0.2) is 0 Å². The summed E-state index contributed by atoms with van der Waals surface area (Å²) in [6, 6.07) is 0. The third-order valence-corrected chi connectivity index (χ3v) is 3.88. The fourth-order valence-corrected chi connectivity index (χ4v) is 2.48. The first-order valence-corrected chi connectivity index (χ1v) is 7.05. The molecule has 1 saturated carbocycles. The zero-order valence-electron chi connectivity index (χ0n) is 12.1. The normalized spacial score (nSPS) is 18.8. The number of amides is 1. The van der Waals surface area contributed by atoms with Crippen LogP contribution in [0.15, 0.2) is 23.9 Å². The fraction of sp³-hybridized carbons (Fsp3) is 0.667. The van der Waals surface area contributed by atoms with Gasteiger partial charge in [-0.1, -0.05) is 31.9 Å². The summed E-state index contributed by atoms with van der Waals surface area (Å²) in [4.78, 5) is 12.1. The zero-order valence-corrected chi connectivity index (χ0v) is 12.1. The molecule has 4 heteroatoms. The highest BCUT2D eigenvalue weighted by atomic mass is 16.3. The summed E-state index contributed by atoms with van der Waals surface area (Å²) in [6.07, 6.45) is 7.02. The Hall–Kier alpha value is -1.29. The molecule has 1 amide bonds. The summed E-state index contributed by atoms with van der Waals surface area (Å²) in [5.41, 5.74) is 1.17. The minimum Gasteiger partial charge on any atom is -0.395 e. The molecule has 0 spiro atoms. The molecule has 19 heavy (non-hydrogen) atoms. The number of aliphatic hydroxyl groups excluding tert-OH is 1. The highest BCUT2D eigenvalue weighted by Gasteiger charge is 2.36. The first-order valence-electron chi connectivity index (χ1n) is 7.05. The second-order valence-corrected chi connectivity index (χ2v) is 5.20. The number of aliphatic hydroxyl groups is 1. The molecular weight excluding hydrogens is 240 g/mol. The van der Waals surface area contributed by atoms with Crippen LogP contribution in [0.2, 0.25) is 0 Å². The Kier molecular flexibility index (Phi) is 6.09. The van der Waals surface area contributed by atoms with Gasteiger partial charge in [-0.15, -0.1) is 0 Å². The molecule has 0 aromatic heterocycles. The zero-order chi connectivity index (χ0) is 14.3. The lowest BCUT2D eigenvalue weighted by Gasteiger charge is -2.40. The van der Waals surface area contributed by atoms with Crippen LogP contribution in [-0.2, 0) is 4.79 Å². The summed E-state index contributed by atoms with van der Waals surface area (Å²) in [7, 11) is 0. The quantitative estimate of drug-likeness (QED) is 0.643. The highest BCUT2D eigenvalue weighted by molar-refractivity contribution is 5.93. The number of carbonyl (C=O) groups excluding carboxylic acids is 1. The van der Waals surface area contributed by atoms with E-state index in [1.165, 1.54) is 6.42 Å². The maximum absolute atomic E-state index is 12.1. The highest BCUT2D eigenvalue weighted by Crippen LogP contribution is 2.32. The molecule has 0 unspecified atom stereocenters. The Morgan fingerprint density at radius 1 is 1.37 bits per heavy atom. The van der Waals surface area contributed by atoms with Gasteiger partial charge in [0, 0.05) is 17.8 Å². The lowest BCUT2D eigenvalue weighted by Crippen LogP contribution is -2.54. The Bertz CT molecular complexity index is 355. The van der Waals surface area contributed by atoms with Gasteiger partial charge in [-0.2, -0.15) is 0 Å². The number of rotatable bonds is 6. The topological polar surface area (TPSA) is 61.4 Å². The molecule has 1 fully saturated rings. The van der Waals surface area contributed by atoms with Crippen molar-refractivity contribution < 1.29 is 9.90 Å². The summed E-state index contributed by atoms with van der Waals surface area (Å²) in [5.74, 6) is -0.0312. The van der Waals surface area contributed by atoms with Gasteiger partial charge in [-0.05, 0) is 26.7 Å². The lowest BCUT2D eigenvalue weighted by molar-refractivity contribution is -0.119. The third kappa shape index (κ3) is 4.10. The molecule has 1 rings (SSSR count). The largest absolute Gasteiger partial charge is 0.395 e. The van der Waals surface area contributed by atoms with Gasteiger partial charge < -0.3 is 15.7 Å². The van der Waals surface area contributed by atoms with Crippen molar-refractivity contribution in [3.63, 3.8) is 0 Å². The van der Waals surface area contributed by atoms with Gasteiger partial charge in [-0.25, -0.2) is 0 Å². The standard InChI is InChI=1S/C15H26N2O2/c1-4-12(2)14(19)17-15(8-6-5-7-9-15)13(3)16-10-11-18/h4,16,18H,3,5-11H2,1-2H3,(H,17,19)/b12-4+. The van der Waals surface area contributed by atoms with E-state index in [-0.39, 0.29) is 18.1 Å². The van der Waals surface area contributed by atoms with Crippen molar-refractivity contribution in [2.24, 2.45) is 0 Å². The average molecular weight is 266 g/mol. The van der Waals surface area contributed by atoms with E-state index >= 15 is 0 Å². The summed E-state index contributed by atoms with van der Waals surface area (Å²) >= 11 is 0. The molecule has 0 radical (unpaired) electrons. The van der Waals surface area contributed by atoms with E-state index in [4.69, 9.17) is 5.11 Å². The number of nitrogens with one attached hydrogen (secondary N) is 2. The molecule has 0 atom stereocenters. The molecule has 108 valence electrons. The smallest absolute Gasteiger partial charge is 0.247 e. The van der Waals surface area contributed by atoms with Crippen molar-refractivity contribution in [3.05, 3.63) is 23.9 Å². The van der Waals surface area contributed by atoms with E-state index in [2.05, 4.69) is 17.2 Å². The van der Waals surface area contributed by atoms with Crippen LogP contribution >= 0.6 is 0 Å². The van der Waals surface area contributed by atoms with Crippen LogP contribution in [0.1, 0.15) is 46.0 Å². The number of allylic oxidation sites excluding steroid dienone is 1. The molecule has 0 aromatic carbocycles. The molecule has 0 bridgehead atoms. The first-order chi connectivity index (χ1) is 9.05. The number of carbonyl (C=O) groups is 1. The van der Waals surface area contributed by atoms with E-state index < -0.39 is 0 Å². The molecule has 0 aromatic rings. The van der Waals surface area contributed by atoms with Gasteiger partial charge in [0.2, 0.25) is 5.91 Å². The van der Waals surface area contributed by atoms with Gasteiger partial charge in [0.25, 0.3) is 0 Å². The molecule has 1 aliphatic carbocycles. The summed E-state index contributed by atoms with van der Waals surface area (Å²) < 4.78 is 0. The fourth-order valence-electron chi connectivity index (χ4n) is 2.48. The van der Waals surface area contributed by atoms with Crippen LogP contribution in [0.5, 0.6) is 0 Å². The Labute approximate surface area is 116 Å². The van der Waals surface area contributed by atoms with Crippen molar-refractivity contribution in [2.75, 3.05) is 13.2 Å². The van der Waals surface area contributed by atoms with Gasteiger partial charge >= 0.3 is 0 Å². The minimum absolute atomic E-state index is 0.0312. The van der Waals surface area contributed by atoms with Gasteiger partial charge in [-0.3, -0.25) is 4.79 Å². The van der Waals surface area contributed by atoms with Crippen molar-refractivity contribution in [2.45, 2.75) is 51.5 Å². The van der Waals surface area contributed by atoms with E-state index in [9.17, 15) is 4.79 Å². The van der Waals surface area contributed by atoms with Crippen LogP contribution in [-0.4, -0.2) is 29.7 Å². The van der Waals surface area contributed by atoms with E-state index in [1.54, 1.807) is 0 Å². The van der Waals surface area contributed by atoms with Gasteiger partial charge in [0.05, 0.1) is 12.1 Å². The second-order valence-electron chi connectivity index (χ2n) is 5.20. The van der Waals surface area contributed by atoms with Crippen molar-refractivity contribution >= 4 is 5.91 Å². The first kappa shape index (κ1) is 15.8. The molecule has 4 nitrogen and oxygen atoms in total. The van der Waals surface area contributed by atoms with Crippen LogP contribution in [0, 0.1) is 0 Å². The van der Waals surface area contributed by atoms with E-state index in [1.807, 2.05) is 19.9 Å². The summed E-state index contributed by atoms with van der Waals surface area (Å²) in [6.45, 7) is 8.29. The molecule has 0 saturated heterocycles. The van der Waals surface area contributed by atoms with E-state index in [0.717, 1.165) is 37.0 Å². The molecule has 3 N–H and O–H groups in total. The maximum Gasteiger partial charge on any atom is 0.247 e. The van der Waals surface area contributed by atoms with Crippen LogP contribution < -0.4 is 10.6 Å². The van der Waals surface area contributed by atoms with Crippen molar-refractivity contribution in [1.82, 2.24) is 10.6 Å². The Morgan fingerprint density at radius 3 is 2.53 bits per heavy atom. The maximum atomic E-state index is 12.1. The van der Waals surface area contributed by atoms with Gasteiger partial charge in [0.1, 0.15) is 0 Å². The van der Waals surface area contributed by atoms with Crippen LogP contribution in [0.3, 0.4) is 0 Å². The lowest BCUT2D eigenvalue weighted by atomic mass is 9.79. The molecule has 0 aliphatic heterocycles. The van der Waals surface area contributed by atoms with Crippen molar-refractivity contribution in [3.8, 4) is 0 Å². The third-order valence-electron chi connectivity index (χ3n) is 3.88. The predicted molar refractivity (Wildman–Crippen MR) is 77.6 cm³/mol. The van der Waals surface area contributed by atoms with Crippen LogP contribution in [0.4, 0.5) is 0 Å². The monoisotopic (exact) mass is 266 g/mol. The SMILES string of the molecule is C=C(NCCO)C1(NC(=O)/C(C)=C/C)CCCCC1. The number of hydrogen-bond donors (Lipinski definition) is 3. The number of hydrogen-bond acceptors (Lipinski definition) is 3.